The summed E-state index contributed by atoms with van der Waals surface area (Å²) in [7, 11) is 0. The Balaban J connectivity index is 2.51. The van der Waals surface area contributed by atoms with Gasteiger partial charge >= 0.3 is 0 Å². The van der Waals surface area contributed by atoms with Crippen molar-refractivity contribution in [2.45, 2.75) is 26.7 Å². The summed E-state index contributed by atoms with van der Waals surface area (Å²) in [5.41, 5.74) is 3.53. The number of aryl methyl sites for hydroxylation is 1. The molecule has 0 aliphatic carbocycles. The van der Waals surface area contributed by atoms with Crippen molar-refractivity contribution in [2.75, 3.05) is 0 Å². The zero-order chi connectivity index (χ0) is 10.8. The maximum Gasteiger partial charge on any atom is 0.134 e. The molecule has 0 saturated heterocycles. The second-order valence-electron chi connectivity index (χ2n) is 3.93. The summed E-state index contributed by atoms with van der Waals surface area (Å²) < 4.78 is 0. The molecule has 1 heterocycles. The number of rotatable bonds is 3. The highest BCUT2D eigenvalue weighted by atomic mass is 16.1. The summed E-state index contributed by atoms with van der Waals surface area (Å²) >= 11 is 0. The van der Waals surface area contributed by atoms with Crippen LogP contribution in [0.2, 0.25) is 0 Å². The normalized spacial score (nSPS) is 10.8. The van der Waals surface area contributed by atoms with Crippen LogP contribution >= 0.6 is 0 Å². The van der Waals surface area contributed by atoms with Crippen LogP contribution in [-0.4, -0.2) is 10.8 Å². The molecule has 15 heavy (non-hydrogen) atoms. The predicted octanol–water partition coefficient (Wildman–Crippen LogP) is 2.86. The molecule has 0 saturated carbocycles. The second-order valence-corrected chi connectivity index (χ2v) is 3.93. The molecule has 78 valence electrons. The third-order valence-corrected chi connectivity index (χ3v) is 2.68. The summed E-state index contributed by atoms with van der Waals surface area (Å²) in [6, 6.07) is 6.37. The van der Waals surface area contributed by atoms with Crippen LogP contribution in [-0.2, 0) is 17.6 Å². The summed E-state index contributed by atoms with van der Waals surface area (Å²) in [4.78, 5) is 14.3. The summed E-state index contributed by atoms with van der Waals surface area (Å²) in [6.07, 6.45) is 3.49. The van der Waals surface area contributed by atoms with Gasteiger partial charge < -0.3 is 4.98 Å². The predicted molar refractivity (Wildman–Crippen MR) is 62.1 cm³/mol. The Morgan fingerprint density at radius 1 is 1.40 bits per heavy atom. The minimum Gasteiger partial charge on any atom is -0.361 e. The van der Waals surface area contributed by atoms with Crippen LogP contribution in [0.15, 0.2) is 24.4 Å². The summed E-state index contributed by atoms with van der Waals surface area (Å²) in [5.74, 6) is 0.206. The average molecular weight is 201 g/mol. The van der Waals surface area contributed by atoms with Gasteiger partial charge in [0.25, 0.3) is 0 Å². The van der Waals surface area contributed by atoms with Crippen LogP contribution in [0.1, 0.15) is 25.0 Å². The molecule has 0 bridgehead atoms. The Hall–Kier alpha value is -1.57. The van der Waals surface area contributed by atoms with Gasteiger partial charge in [0, 0.05) is 23.5 Å². The lowest BCUT2D eigenvalue weighted by Gasteiger charge is -1.99. The van der Waals surface area contributed by atoms with Crippen molar-refractivity contribution in [1.29, 1.82) is 0 Å². The number of Topliss-reactive ketones (excluding diaryl/α,β-unsaturated/α-hetero) is 1. The van der Waals surface area contributed by atoms with Crippen molar-refractivity contribution in [3.63, 3.8) is 0 Å². The molecule has 0 unspecified atom stereocenters. The zero-order valence-electron chi connectivity index (χ0n) is 9.13. The maximum atomic E-state index is 11.1. The summed E-state index contributed by atoms with van der Waals surface area (Å²) in [6.45, 7) is 3.76. The van der Waals surface area contributed by atoms with Crippen LogP contribution in [0.5, 0.6) is 0 Å². The van der Waals surface area contributed by atoms with Crippen molar-refractivity contribution in [3.05, 3.63) is 35.5 Å². The first-order chi connectivity index (χ1) is 7.20. The number of aromatic nitrogens is 1. The Morgan fingerprint density at radius 3 is 2.87 bits per heavy atom. The minimum atomic E-state index is 0.206. The number of nitrogens with one attached hydrogen (secondary N) is 1. The molecule has 1 N–H and O–H groups in total. The number of ketones is 1. The molecule has 2 heteroatoms. The van der Waals surface area contributed by atoms with Gasteiger partial charge in [-0.3, -0.25) is 4.79 Å². The largest absolute Gasteiger partial charge is 0.361 e. The van der Waals surface area contributed by atoms with E-state index in [1.807, 2.05) is 6.20 Å². The van der Waals surface area contributed by atoms with E-state index >= 15 is 0 Å². The molecule has 2 rings (SSSR count). The number of fused-ring (bicyclic) bond motifs is 1. The minimum absolute atomic E-state index is 0.206. The Bertz CT molecular complexity index is 496. The van der Waals surface area contributed by atoms with Gasteiger partial charge in [-0.25, -0.2) is 0 Å². The fourth-order valence-corrected chi connectivity index (χ4v) is 1.86. The van der Waals surface area contributed by atoms with Gasteiger partial charge in [0.1, 0.15) is 5.78 Å². The average Bonchev–Trinajstić information content (AvgIpc) is 2.60. The first-order valence-electron chi connectivity index (χ1n) is 5.29. The van der Waals surface area contributed by atoms with Crippen LogP contribution in [0.3, 0.4) is 0 Å². The molecule has 0 spiro atoms. The van der Waals surface area contributed by atoms with Gasteiger partial charge in [-0.15, -0.1) is 0 Å². The van der Waals surface area contributed by atoms with Crippen molar-refractivity contribution < 1.29 is 4.79 Å². The topological polar surface area (TPSA) is 32.9 Å². The van der Waals surface area contributed by atoms with Crippen molar-refractivity contribution >= 4 is 16.7 Å². The molecule has 2 aromatic rings. The lowest BCUT2D eigenvalue weighted by molar-refractivity contribution is -0.116. The second kappa shape index (κ2) is 3.89. The summed E-state index contributed by atoms with van der Waals surface area (Å²) in [5, 5.41) is 1.18. The Labute approximate surface area is 89.3 Å². The number of carbonyl (C=O) groups is 1. The lowest BCUT2D eigenvalue weighted by atomic mass is 10.0. The van der Waals surface area contributed by atoms with Gasteiger partial charge in [-0.1, -0.05) is 13.0 Å². The number of aromatic amines is 1. The molecule has 0 radical (unpaired) electrons. The van der Waals surface area contributed by atoms with E-state index in [0.29, 0.717) is 6.42 Å². The van der Waals surface area contributed by atoms with Gasteiger partial charge in [0.2, 0.25) is 0 Å². The first-order valence-corrected chi connectivity index (χ1v) is 5.29. The molecular weight excluding hydrogens is 186 g/mol. The highest BCUT2D eigenvalue weighted by Crippen LogP contribution is 2.20. The van der Waals surface area contributed by atoms with Crippen LogP contribution < -0.4 is 0 Å². The van der Waals surface area contributed by atoms with E-state index in [2.05, 4.69) is 30.1 Å². The monoisotopic (exact) mass is 201 g/mol. The lowest BCUT2D eigenvalue weighted by Crippen LogP contribution is -1.94. The molecule has 2 nitrogen and oxygen atoms in total. The number of hydrogen-bond acceptors (Lipinski definition) is 1. The molecule has 1 aromatic carbocycles. The molecule has 0 fully saturated rings. The van der Waals surface area contributed by atoms with Crippen LogP contribution in [0, 0.1) is 0 Å². The molecule has 0 aliphatic rings. The third-order valence-electron chi connectivity index (χ3n) is 2.68. The van der Waals surface area contributed by atoms with Crippen LogP contribution in [0.25, 0.3) is 10.9 Å². The van der Waals surface area contributed by atoms with E-state index in [1.54, 1.807) is 6.92 Å². The van der Waals surface area contributed by atoms with Gasteiger partial charge in [-0.2, -0.15) is 0 Å². The van der Waals surface area contributed by atoms with E-state index in [-0.39, 0.29) is 5.78 Å². The van der Waals surface area contributed by atoms with Gasteiger partial charge in [0.05, 0.1) is 0 Å². The van der Waals surface area contributed by atoms with E-state index in [1.165, 1.54) is 10.9 Å². The van der Waals surface area contributed by atoms with Crippen molar-refractivity contribution in [2.24, 2.45) is 0 Å². The standard InChI is InChI=1S/C13H15NO/c1-3-10-4-5-13-12(7-10)11(8-14-13)6-9(2)15/h4-5,7-8,14H,3,6H2,1-2H3. The number of carbonyl (C=O) groups excluding carboxylic acids is 1. The SMILES string of the molecule is CCc1ccc2[nH]cc(CC(C)=O)c2c1. The number of H-pyrrole nitrogens is 1. The van der Waals surface area contributed by atoms with E-state index in [4.69, 9.17) is 0 Å². The quantitative estimate of drug-likeness (QED) is 0.813. The molecule has 0 aliphatic heterocycles. The zero-order valence-corrected chi connectivity index (χ0v) is 9.13. The smallest absolute Gasteiger partial charge is 0.134 e. The highest BCUT2D eigenvalue weighted by Gasteiger charge is 2.05. The van der Waals surface area contributed by atoms with Crippen molar-refractivity contribution in [3.8, 4) is 0 Å². The van der Waals surface area contributed by atoms with Crippen LogP contribution in [0.4, 0.5) is 0 Å². The first kappa shape index (κ1) is 9.97. The molecule has 0 atom stereocenters. The van der Waals surface area contributed by atoms with E-state index in [9.17, 15) is 4.79 Å². The highest BCUT2D eigenvalue weighted by molar-refractivity contribution is 5.89. The third kappa shape index (κ3) is 1.94. The maximum absolute atomic E-state index is 11.1. The Kier molecular flexibility index (Phi) is 2.58. The molecule has 0 amide bonds. The van der Waals surface area contributed by atoms with E-state index in [0.717, 1.165) is 17.5 Å². The fourth-order valence-electron chi connectivity index (χ4n) is 1.86. The fraction of sp³-hybridized carbons (Fsp3) is 0.308. The van der Waals surface area contributed by atoms with Gasteiger partial charge in [0.15, 0.2) is 0 Å². The Morgan fingerprint density at radius 2 is 2.20 bits per heavy atom. The van der Waals surface area contributed by atoms with Gasteiger partial charge in [-0.05, 0) is 36.6 Å². The molecule has 1 aromatic heterocycles. The van der Waals surface area contributed by atoms with Crippen molar-refractivity contribution in [1.82, 2.24) is 4.98 Å². The molecular formula is C13H15NO. The number of benzene rings is 1. The van der Waals surface area contributed by atoms with E-state index < -0.39 is 0 Å². The number of hydrogen-bond donors (Lipinski definition) is 1.